The molecule has 0 aliphatic carbocycles. The van der Waals surface area contributed by atoms with Gasteiger partial charge in [0.2, 0.25) is 0 Å². The number of likely N-dealkylation sites (N-methyl/N-ethyl adjacent to an activating group) is 1. The third-order valence-corrected chi connectivity index (χ3v) is 3.89. The minimum atomic E-state index is -3.95. The van der Waals surface area contributed by atoms with Gasteiger partial charge in [0, 0.05) is 36.3 Å². The minimum absolute atomic E-state index is 0.123. The summed E-state index contributed by atoms with van der Waals surface area (Å²) in [7, 11) is -2.13. The molecule has 0 spiro atoms. The molecular formula is C11H22ClN4O4P. The van der Waals surface area contributed by atoms with Gasteiger partial charge in [-0.15, -0.1) is 0 Å². The molecule has 1 aliphatic rings. The molecule has 0 radical (unpaired) electrons. The van der Waals surface area contributed by atoms with E-state index < -0.39 is 7.60 Å². The van der Waals surface area contributed by atoms with Crippen LogP contribution >= 0.6 is 19.4 Å². The zero-order chi connectivity index (χ0) is 15.7. The van der Waals surface area contributed by atoms with Gasteiger partial charge in [0.05, 0.1) is 12.3 Å². The number of hydrogen-bond donors (Lipinski definition) is 5. The fourth-order valence-corrected chi connectivity index (χ4v) is 2.71. The van der Waals surface area contributed by atoms with Crippen LogP contribution in [0.4, 0.5) is 0 Å². The van der Waals surface area contributed by atoms with Gasteiger partial charge in [-0.2, -0.15) is 4.51 Å². The molecule has 21 heavy (non-hydrogen) atoms. The number of halogens is 1. The average molecular weight is 341 g/mol. The van der Waals surface area contributed by atoms with Gasteiger partial charge in [-0.1, -0.05) is 0 Å². The average Bonchev–Trinajstić information content (AvgIpc) is 2.84. The topological polar surface area (TPSA) is 115 Å². The van der Waals surface area contributed by atoms with Gasteiger partial charge in [0.25, 0.3) is 0 Å². The van der Waals surface area contributed by atoms with Crippen molar-refractivity contribution in [1.82, 2.24) is 16.2 Å². The molecule has 10 heteroatoms. The Morgan fingerprint density at radius 2 is 2.29 bits per heavy atom. The molecule has 2 unspecified atom stereocenters. The van der Waals surface area contributed by atoms with Crippen molar-refractivity contribution < 1.29 is 19.1 Å². The van der Waals surface area contributed by atoms with E-state index in [4.69, 9.17) is 26.3 Å². The van der Waals surface area contributed by atoms with Crippen LogP contribution in [0.5, 0.6) is 0 Å². The van der Waals surface area contributed by atoms with Crippen molar-refractivity contribution in [3.05, 3.63) is 11.8 Å². The van der Waals surface area contributed by atoms with E-state index in [0.29, 0.717) is 13.0 Å². The molecule has 0 amide bonds. The van der Waals surface area contributed by atoms with Crippen molar-refractivity contribution in [2.45, 2.75) is 31.6 Å². The van der Waals surface area contributed by atoms with E-state index >= 15 is 0 Å². The highest BCUT2D eigenvalue weighted by atomic mass is 35.5. The maximum Gasteiger partial charge on any atom is 0.325 e. The van der Waals surface area contributed by atoms with Crippen molar-refractivity contribution in [2.75, 3.05) is 19.8 Å². The summed E-state index contributed by atoms with van der Waals surface area (Å²) < 4.78 is 19.9. The molecule has 1 heterocycles. The van der Waals surface area contributed by atoms with E-state index in [1.165, 1.54) is 6.21 Å². The maximum absolute atomic E-state index is 10.8. The van der Waals surface area contributed by atoms with Gasteiger partial charge in [-0.3, -0.25) is 4.57 Å². The van der Waals surface area contributed by atoms with Crippen LogP contribution < -0.4 is 16.2 Å². The summed E-state index contributed by atoms with van der Waals surface area (Å²) in [4.78, 5) is 17.7. The van der Waals surface area contributed by atoms with E-state index in [1.807, 2.05) is 7.05 Å². The Balaban J connectivity index is 2.28. The van der Waals surface area contributed by atoms with Crippen molar-refractivity contribution in [2.24, 2.45) is 4.51 Å². The van der Waals surface area contributed by atoms with E-state index in [-0.39, 0.29) is 18.5 Å². The first-order valence-corrected chi connectivity index (χ1v) is 8.77. The van der Waals surface area contributed by atoms with E-state index in [0.717, 1.165) is 18.4 Å². The number of nitrogens with zero attached hydrogens (tertiary/aromatic N) is 1. The Kier molecular flexibility index (Phi) is 8.43. The highest BCUT2D eigenvalue weighted by Gasteiger charge is 2.26. The fourth-order valence-electron chi connectivity index (χ4n) is 1.96. The number of nitrogens with one attached hydrogen (secondary N) is 3. The zero-order valence-corrected chi connectivity index (χ0v) is 13.5. The molecular weight excluding hydrogens is 319 g/mol. The molecule has 2 atom stereocenters. The SMILES string of the molecule is CNCC(C=NCl)=CNNC1CCC(CCP(=O)(O)O)O1. The van der Waals surface area contributed by atoms with E-state index in [9.17, 15) is 4.57 Å². The monoisotopic (exact) mass is 340 g/mol. The molecule has 1 aliphatic heterocycles. The molecule has 122 valence electrons. The van der Waals surface area contributed by atoms with Gasteiger partial charge in [0.15, 0.2) is 0 Å². The summed E-state index contributed by atoms with van der Waals surface area (Å²) in [5.74, 6) is 0. The summed E-state index contributed by atoms with van der Waals surface area (Å²) in [5, 5.41) is 2.98. The molecule has 1 fully saturated rings. The molecule has 5 N–H and O–H groups in total. The highest BCUT2D eigenvalue weighted by molar-refractivity contribution is 7.51. The molecule has 0 aromatic rings. The maximum atomic E-state index is 10.8. The largest absolute Gasteiger partial charge is 0.358 e. The Morgan fingerprint density at radius 1 is 1.52 bits per heavy atom. The highest BCUT2D eigenvalue weighted by Crippen LogP contribution is 2.37. The van der Waals surface area contributed by atoms with Gasteiger partial charge < -0.3 is 25.3 Å². The normalized spacial score (nSPS) is 23.9. The smallest absolute Gasteiger partial charge is 0.325 e. The number of rotatable bonds is 9. The molecule has 8 nitrogen and oxygen atoms in total. The van der Waals surface area contributed by atoms with Crippen molar-refractivity contribution in [3.8, 4) is 0 Å². The van der Waals surface area contributed by atoms with Gasteiger partial charge >= 0.3 is 7.60 Å². The molecule has 0 aromatic heterocycles. The van der Waals surface area contributed by atoms with Crippen LogP contribution in [0, 0.1) is 0 Å². The third kappa shape index (κ3) is 8.53. The first kappa shape index (κ1) is 18.6. The molecule has 1 saturated heterocycles. The van der Waals surface area contributed by atoms with Crippen LogP contribution in [0.1, 0.15) is 19.3 Å². The van der Waals surface area contributed by atoms with Crippen LogP contribution in [-0.2, 0) is 9.30 Å². The lowest BCUT2D eigenvalue weighted by atomic mass is 10.2. The summed E-state index contributed by atoms with van der Waals surface area (Å²) >= 11 is 5.29. The fraction of sp³-hybridized carbons (Fsp3) is 0.727. The predicted molar refractivity (Wildman–Crippen MR) is 82.0 cm³/mol. The van der Waals surface area contributed by atoms with Crippen LogP contribution in [0.3, 0.4) is 0 Å². The number of hydrazine groups is 1. The first-order chi connectivity index (χ1) is 9.94. The zero-order valence-electron chi connectivity index (χ0n) is 11.8. The van der Waals surface area contributed by atoms with Gasteiger partial charge in [-0.25, -0.2) is 5.43 Å². The Labute approximate surface area is 129 Å². The lowest BCUT2D eigenvalue weighted by Crippen LogP contribution is -2.38. The summed E-state index contributed by atoms with van der Waals surface area (Å²) in [6.07, 6.45) is 4.69. The third-order valence-electron chi connectivity index (χ3n) is 2.95. The van der Waals surface area contributed by atoms with Gasteiger partial charge in [-0.05, 0) is 26.3 Å². The second-order valence-electron chi connectivity index (χ2n) is 4.77. The Morgan fingerprint density at radius 3 is 2.90 bits per heavy atom. The van der Waals surface area contributed by atoms with Crippen molar-refractivity contribution in [3.63, 3.8) is 0 Å². The second kappa shape index (κ2) is 9.53. The molecule has 1 rings (SSSR count). The van der Waals surface area contributed by atoms with Crippen molar-refractivity contribution in [1.29, 1.82) is 0 Å². The first-order valence-electron chi connectivity index (χ1n) is 6.63. The lowest BCUT2D eigenvalue weighted by molar-refractivity contribution is 0.0184. The molecule has 0 aromatic carbocycles. The molecule has 0 saturated carbocycles. The van der Waals surface area contributed by atoms with Gasteiger partial charge in [0.1, 0.15) is 6.23 Å². The standard InChI is InChI=1S/C11H22ClN4O4P/c1-13-6-9(7-14-12)8-15-16-11-3-2-10(20-11)4-5-21(17,18)19/h7-8,10-11,13,15-16H,2-6H2,1H3,(H2,17,18,19). The minimum Gasteiger partial charge on any atom is -0.358 e. The van der Waals surface area contributed by atoms with Crippen LogP contribution in [0.2, 0.25) is 0 Å². The van der Waals surface area contributed by atoms with Crippen LogP contribution in [0.15, 0.2) is 16.3 Å². The van der Waals surface area contributed by atoms with E-state index in [2.05, 4.69) is 20.7 Å². The Hall–Kier alpha value is -0.470. The number of ether oxygens (including phenoxy) is 1. The summed E-state index contributed by atoms with van der Waals surface area (Å²) in [6, 6.07) is 0. The van der Waals surface area contributed by atoms with Crippen LogP contribution in [-0.4, -0.2) is 48.1 Å². The summed E-state index contributed by atoms with van der Waals surface area (Å²) in [5.41, 5.74) is 6.75. The summed E-state index contributed by atoms with van der Waals surface area (Å²) in [6.45, 7) is 0.612. The van der Waals surface area contributed by atoms with Crippen molar-refractivity contribution >= 4 is 25.6 Å². The number of hydrogen-bond acceptors (Lipinski definition) is 6. The molecule has 0 bridgehead atoms. The second-order valence-corrected chi connectivity index (χ2v) is 6.74. The lowest BCUT2D eigenvalue weighted by Gasteiger charge is -2.15. The predicted octanol–water partition coefficient (Wildman–Crippen LogP) is 0.481. The van der Waals surface area contributed by atoms with Crippen LogP contribution in [0.25, 0.3) is 0 Å². The quantitative estimate of drug-likeness (QED) is 0.235. The Bertz CT molecular complexity index is 415. The van der Waals surface area contributed by atoms with E-state index in [1.54, 1.807) is 6.20 Å².